The van der Waals surface area contributed by atoms with Gasteiger partial charge in [-0.05, 0) is 25.0 Å². The molecule has 0 radical (unpaired) electrons. The van der Waals surface area contributed by atoms with E-state index in [2.05, 4.69) is 5.32 Å². The highest BCUT2D eigenvalue weighted by molar-refractivity contribution is 5.98. The quantitative estimate of drug-likeness (QED) is 0.663. The average molecular weight is 309 g/mol. The van der Waals surface area contributed by atoms with Gasteiger partial charge in [0, 0.05) is 31.2 Å². The summed E-state index contributed by atoms with van der Waals surface area (Å²) in [5.41, 5.74) is 0.135. The fraction of sp³-hybridized carbons (Fsp3) is 0.562. The molecule has 0 spiro atoms. The van der Waals surface area contributed by atoms with Crippen LogP contribution in [-0.2, 0) is 9.47 Å². The van der Waals surface area contributed by atoms with Gasteiger partial charge in [0.05, 0.1) is 18.8 Å². The minimum absolute atomic E-state index is 0.0460. The van der Waals surface area contributed by atoms with Crippen molar-refractivity contribution >= 4 is 5.78 Å². The van der Waals surface area contributed by atoms with Crippen LogP contribution in [0.1, 0.15) is 23.2 Å². The van der Waals surface area contributed by atoms with Crippen LogP contribution < -0.4 is 10.1 Å². The molecule has 22 heavy (non-hydrogen) atoms. The molecule has 2 aliphatic heterocycles. The molecule has 120 valence electrons. The lowest BCUT2D eigenvalue weighted by Crippen LogP contribution is -2.55. The third kappa shape index (κ3) is 3.29. The second-order valence-corrected chi connectivity index (χ2v) is 5.82. The number of rotatable bonds is 5. The van der Waals surface area contributed by atoms with Gasteiger partial charge in [-0.25, -0.2) is 4.39 Å². The molecule has 2 bridgehead atoms. The van der Waals surface area contributed by atoms with Gasteiger partial charge in [-0.2, -0.15) is 0 Å². The molecule has 2 aliphatic rings. The van der Waals surface area contributed by atoms with Crippen LogP contribution in [0.2, 0.25) is 0 Å². The van der Waals surface area contributed by atoms with E-state index in [0.717, 1.165) is 0 Å². The van der Waals surface area contributed by atoms with Crippen LogP contribution in [0.15, 0.2) is 18.2 Å². The largest absolute Gasteiger partial charge is 0.467 e. The minimum Gasteiger partial charge on any atom is -0.467 e. The smallest absolute Gasteiger partial charge is 0.188 e. The number of ether oxygens (including phenoxy) is 3. The van der Waals surface area contributed by atoms with Crippen LogP contribution in [0.4, 0.5) is 4.39 Å². The maximum atomic E-state index is 14.2. The van der Waals surface area contributed by atoms with E-state index in [1.165, 1.54) is 19.2 Å². The van der Waals surface area contributed by atoms with Gasteiger partial charge >= 0.3 is 0 Å². The molecule has 0 aliphatic carbocycles. The molecule has 3 rings (SSSR count). The van der Waals surface area contributed by atoms with Gasteiger partial charge in [0.15, 0.2) is 12.6 Å². The van der Waals surface area contributed by atoms with Gasteiger partial charge in [-0.3, -0.25) is 4.79 Å². The number of ketones is 1. The zero-order chi connectivity index (χ0) is 15.5. The molecule has 6 heteroatoms. The third-order valence-corrected chi connectivity index (χ3v) is 4.17. The van der Waals surface area contributed by atoms with E-state index in [-0.39, 0.29) is 36.1 Å². The van der Waals surface area contributed by atoms with Crippen molar-refractivity contribution in [2.24, 2.45) is 5.92 Å². The Morgan fingerprint density at radius 1 is 1.36 bits per heavy atom. The highest BCUT2D eigenvalue weighted by Gasteiger charge is 2.36. The third-order valence-electron chi connectivity index (χ3n) is 4.17. The Balaban J connectivity index is 1.71. The first-order valence-corrected chi connectivity index (χ1v) is 7.46. The molecule has 2 saturated heterocycles. The number of methoxy groups -OCH3 is 1. The van der Waals surface area contributed by atoms with E-state index in [4.69, 9.17) is 14.2 Å². The van der Waals surface area contributed by atoms with E-state index >= 15 is 0 Å². The van der Waals surface area contributed by atoms with E-state index in [1.807, 2.05) is 0 Å². The number of benzene rings is 1. The van der Waals surface area contributed by atoms with Crippen LogP contribution in [0, 0.1) is 11.7 Å². The van der Waals surface area contributed by atoms with E-state index in [0.29, 0.717) is 31.8 Å². The SMILES string of the molecule is COCOc1ccc(C(=O)C2CC3COCC(C2)N3)c(F)c1. The van der Waals surface area contributed by atoms with Crippen LogP contribution in [0.25, 0.3) is 0 Å². The summed E-state index contributed by atoms with van der Waals surface area (Å²) in [6.07, 6.45) is 1.38. The number of halogens is 1. The topological polar surface area (TPSA) is 56.8 Å². The zero-order valence-electron chi connectivity index (χ0n) is 12.5. The monoisotopic (exact) mass is 309 g/mol. The highest BCUT2D eigenvalue weighted by atomic mass is 19.1. The van der Waals surface area contributed by atoms with Gasteiger partial charge in [-0.15, -0.1) is 0 Å². The molecule has 0 amide bonds. The molecule has 1 N–H and O–H groups in total. The van der Waals surface area contributed by atoms with Gasteiger partial charge in [0.1, 0.15) is 11.6 Å². The summed E-state index contributed by atoms with van der Waals surface area (Å²) in [6.45, 7) is 1.28. The summed E-state index contributed by atoms with van der Waals surface area (Å²) in [7, 11) is 1.49. The first-order valence-electron chi connectivity index (χ1n) is 7.46. The Kier molecular flexibility index (Phi) is 4.71. The van der Waals surface area contributed by atoms with Crippen molar-refractivity contribution in [2.75, 3.05) is 27.1 Å². The van der Waals surface area contributed by atoms with Gasteiger partial charge in [0.2, 0.25) is 0 Å². The molecule has 0 aromatic heterocycles. The Morgan fingerprint density at radius 3 is 2.73 bits per heavy atom. The summed E-state index contributed by atoms with van der Waals surface area (Å²) in [5, 5.41) is 3.43. The molecule has 2 fully saturated rings. The number of carbonyl (C=O) groups excluding carboxylic acids is 1. The van der Waals surface area contributed by atoms with Crippen LogP contribution in [-0.4, -0.2) is 45.0 Å². The second kappa shape index (κ2) is 6.73. The number of piperidine rings is 1. The average Bonchev–Trinajstić information content (AvgIpc) is 2.52. The summed E-state index contributed by atoms with van der Waals surface area (Å²) in [6, 6.07) is 4.71. The van der Waals surface area contributed by atoms with Crippen molar-refractivity contribution in [1.82, 2.24) is 5.32 Å². The molecular formula is C16H20FNO4. The second-order valence-electron chi connectivity index (χ2n) is 5.82. The maximum absolute atomic E-state index is 14.2. The number of nitrogens with one attached hydrogen (secondary N) is 1. The van der Waals surface area contributed by atoms with E-state index in [1.54, 1.807) is 6.07 Å². The molecule has 2 atom stereocenters. The molecule has 1 aromatic rings. The first-order chi connectivity index (χ1) is 10.7. The fourth-order valence-electron chi connectivity index (χ4n) is 3.18. The van der Waals surface area contributed by atoms with E-state index in [9.17, 15) is 9.18 Å². The van der Waals surface area contributed by atoms with Crippen molar-refractivity contribution < 1.29 is 23.4 Å². The van der Waals surface area contributed by atoms with Crippen LogP contribution in [0.3, 0.4) is 0 Å². The van der Waals surface area contributed by atoms with Crippen molar-refractivity contribution in [3.05, 3.63) is 29.6 Å². The molecule has 2 unspecified atom stereocenters. The van der Waals surface area contributed by atoms with Crippen molar-refractivity contribution in [3.8, 4) is 5.75 Å². The van der Waals surface area contributed by atoms with Crippen LogP contribution in [0.5, 0.6) is 5.75 Å². The number of morpholine rings is 1. The molecule has 1 aromatic carbocycles. The van der Waals surface area contributed by atoms with Crippen molar-refractivity contribution in [1.29, 1.82) is 0 Å². The fourth-order valence-corrected chi connectivity index (χ4v) is 3.18. The molecule has 5 nitrogen and oxygen atoms in total. The van der Waals surface area contributed by atoms with Crippen LogP contribution >= 0.6 is 0 Å². The Bertz CT molecular complexity index is 539. The predicted octanol–water partition coefficient (Wildman–Crippen LogP) is 1.76. The molecular weight excluding hydrogens is 289 g/mol. The summed E-state index contributed by atoms with van der Waals surface area (Å²) >= 11 is 0. The molecule has 2 heterocycles. The Hall–Kier alpha value is -1.50. The Labute approximate surface area is 128 Å². The van der Waals surface area contributed by atoms with Gasteiger partial charge in [0.25, 0.3) is 0 Å². The lowest BCUT2D eigenvalue weighted by Gasteiger charge is -2.39. The normalized spacial score (nSPS) is 27.5. The minimum atomic E-state index is -0.543. The molecule has 0 saturated carbocycles. The summed E-state index contributed by atoms with van der Waals surface area (Å²) < 4.78 is 29.6. The predicted molar refractivity (Wildman–Crippen MR) is 77.5 cm³/mol. The first kappa shape index (κ1) is 15.4. The maximum Gasteiger partial charge on any atom is 0.188 e. The number of hydrogen-bond donors (Lipinski definition) is 1. The van der Waals surface area contributed by atoms with Crippen molar-refractivity contribution in [3.63, 3.8) is 0 Å². The number of carbonyl (C=O) groups is 1. The Morgan fingerprint density at radius 2 is 2.09 bits per heavy atom. The van der Waals surface area contributed by atoms with Gasteiger partial charge < -0.3 is 19.5 Å². The highest BCUT2D eigenvalue weighted by Crippen LogP contribution is 2.28. The van der Waals surface area contributed by atoms with E-state index < -0.39 is 5.82 Å². The number of Topliss-reactive ketones (excluding diaryl/α,β-unsaturated/α-hetero) is 1. The number of hydrogen-bond acceptors (Lipinski definition) is 5. The number of fused-ring (bicyclic) bond motifs is 2. The summed E-state index contributed by atoms with van der Waals surface area (Å²) in [4.78, 5) is 12.6. The lowest BCUT2D eigenvalue weighted by atomic mass is 9.82. The zero-order valence-corrected chi connectivity index (χ0v) is 12.5. The van der Waals surface area contributed by atoms with Crippen molar-refractivity contribution in [2.45, 2.75) is 24.9 Å². The standard InChI is InChI=1S/C16H20FNO4/c1-20-9-22-13-2-3-14(15(17)6-13)16(19)10-4-11-7-21-8-12(5-10)18-11/h2-3,6,10-12,18H,4-5,7-9H2,1H3. The van der Waals surface area contributed by atoms with Gasteiger partial charge in [-0.1, -0.05) is 0 Å². The summed E-state index contributed by atoms with van der Waals surface area (Å²) in [5.74, 6) is -0.473. The lowest BCUT2D eigenvalue weighted by molar-refractivity contribution is 0.00945.